The van der Waals surface area contributed by atoms with E-state index in [4.69, 9.17) is 0 Å². The second kappa shape index (κ2) is 8.48. The van der Waals surface area contributed by atoms with Crippen molar-refractivity contribution in [2.75, 3.05) is 13.1 Å². The molecule has 10 heteroatoms. The Morgan fingerprint density at radius 3 is 2.54 bits per heavy atom. The van der Waals surface area contributed by atoms with Gasteiger partial charge in [-0.3, -0.25) is 9.59 Å². The lowest BCUT2D eigenvalue weighted by molar-refractivity contribution is -0.141. The van der Waals surface area contributed by atoms with Gasteiger partial charge in [0.1, 0.15) is 10.9 Å². The fourth-order valence-corrected chi connectivity index (χ4v) is 3.16. The van der Waals surface area contributed by atoms with Gasteiger partial charge in [0.25, 0.3) is 5.91 Å². The number of amides is 2. The molecule has 2 heterocycles. The van der Waals surface area contributed by atoms with Crippen molar-refractivity contribution in [2.24, 2.45) is 0 Å². The molecule has 0 spiro atoms. The molecular formula is C16H19N5O4S. The van der Waals surface area contributed by atoms with E-state index in [0.29, 0.717) is 21.4 Å². The van der Waals surface area contributed by atoms with Crippen molar-refractivity contribution in [3.8, 4) is 10.8 Å². The lowest BCUT2D eigenvalue weighted by Gasteiger charge is -2.26. The van der Waals surface area contributed by atoms with Gasteiger partial charge in [-0.1, -0.05) is 0 Å². The second-order valence-electron chi connectivity index (χ2n) is 5.50. The topological polar surface area (TPSA) is 125 Å². The van der Waals surface area contributed by atoms with Gasteiger partial charge >= 0.3 is 5.97 Å². The molecule has 0 aliphatic carbocycles. The molecule has 138 valence electrons. The summed E-state index contributed by atoms with van der Waals surface area (Å²) in [5, 5.41) is 12.3. The maximum Gasteiger partial charge on any atom is 0.326 e. The minimum atomic E-state index is -1.13. The number of thiazole rings is 1. The van der Waals surface area contributed by atoms with Crippen LogP contribution in [0.4, 0.5) is 0 Å². The second-order valence-corrected chi connectivity index (χ2v) is 6.50. The van der Waals surface area contributed by atoms with Crippen molar-refractivity contribution >= 4 is 29.1 Å². The SMILES string of the molecule is CC(=O)NCCN(C(=O)c1sc(-c2ncccn2)nc1C)C(C)C(=O)O. The molecule has 1 atom stereocenters. The number of aromatic nitrogens is 3. The molecule has 0 aromatic carbocycles. The maximum absolute atomic E-state index is 12.9. The van der Waals surface area contributed by atoms with Crippen LogP contribution in [0, 0.1) is 6.92 Å². The summed E-state index contributed by atoms with van der Waals surface area (Å²) in [6.07, 6.45) is 3.15. The van der Waals surface area contributed by atoms with E-state index in [-0.39, 0.29) is 19.0 Å². The normalized spacial score (nSPS) is 11.7. The van der Waals surface area contributed by atoms with E-state index in [9.17, 15) is 19.5 Å². The molecular weight excluding hydrogens is 358 g/mol. The van der Waals surface area contributed by atoms with Crippen LogP contribution in [0.5, 0.6) is 0 Å². The number of carbonyl (C=O) groups excluding carboxylic acids is 2. The molecule has 0 saturated carbocycles. The zero-order chi connectivity index (χ0) is 19.3. The number of carboxylic acids is 1. The smallest absolute Gasteiger partial charge is 0.326 e. The van der Waals surface area contributed by atoms with E-state index in [1.807, 2.05) is 0 Å². The standard InChI is InChI=1S/C16H19N5O4S/c1-9-12(26-14(20-9)13-18-5-4-6-19-13)15(23)21(10(2)16(24)25)8-7-17-11(3)22/h4-6,10H,7-8H2,1-3H3,(H,17,22)(H,24,25). The van der Waals surface area contributed by atoms with Crippen LogP contribution in [0.15, 0.2) is 18.5 Å². The molecule has 0 fully saturated rings. The number of aliphatic carboxylic acids is 1. The van der Waals surface area contributed by atoms with E-state index in [2.05, 4.69) is 20.3 Å². The summed E-state index contributed by atoms with van der Waals surface area (Å²) < 4.78 is 0. The predicted molar refractivity (Wildman–Crippen MR) is 94.7 cm³/mol. The van der Waals surface area contributed by atoms with Crippen LogP contribution >= 0.6 is 11.3 Å². The fraction of sp³-hybridized carbons (Fsp3) is 0.375. The minimum absolute atomic E-state index is 0.0698. The average Bonchev–Trinajstić information content (AvgIpc) is 3.00. The van der Waals surface area contributed by atoms with Gasteiger partial charge in [0.05, 0.1) is 5.69 Å². The molecule has 0 aliphatic heterocycles. The van der Waals surface area contributed by atoms with Crippen LogP contribution in [0.1, 0.15) is 29.2 Å². The molecule has 2 rings (SSSR count). The summed E-state index contributed by atoms with van der Waals surface area (Å²) in [6, 6.07) is 0.628. The Morgan fingerprint density at radius 2 is 1.96 bits per heavy atom. The third kappa shape index (κ3) is 4.60. The monoisotopic (exact) mass is 377 g/mol. The minimum Gasteiger partial charge on any atom is -0.480 e. The highest BCUT2D eigenvalue weighted by atomic mass is 32.1. The highest BCUT2D eigenvalue weighted by Gasteiger charge is 2.29. The van der Waals surface area contributed by atoms with Gasteiger partial charge in [-0.05, 0) is 19.9 Å². The molecule has 2 N–H and O–H groups in total. The van der Waals surface area contributed by atoms with Crippen molar-refractivity contribution in [3.05, 3.63) is 29.0 Å². The van der Waals surface area contributed by atoms with Crippen molar-refractivity contribution in [2.45, 2.75) is 26.8 Å². The predicted octanol–water partition coefficient (Wildman–Crippen LogP) is 0.960. The van der Waals surface area contributed by atoms with Crippen LogP contribution < -0.4 is 5.32 Å². The van der Waals surface area contributed by atoms with Crippen LogP contribution in [0.2, 0.25) is 0 Å². The highest BCUT2D eigenvalue weighted by molar-refractivity contribution is 7.17. The first kappa shape index (κ1) is 19.4. The summed E-state index contributed by atoms with van der Waals surface area (Å²) in [5.41, 5.74) is 0.476. The van der Waals surface area contributed by atoms with Gasteiger partial charge in [0, 0.05) is 32.4 Å². The van der Waals surface area contributed by atoms with Gasteiger partial charge in [0.15, 0.2) is 10.8 Å². The average molecular weight is 377 g/mol. The third-order valence-electron chi connectivity index (χ3n) is 3.56. The molecule has 0 aliphatic rings. The molecule has 2 aromatic heterocycles. The number of carboxylic acid groups (broad SMARTS) is 1. The molecule has 2 aromatic rings. The molecule has 1 unspecified atom stereocenters. The van der Waals surface area contributed by atoms with Crippen molar-refractivity contribution < 1.29 is 19.5 Å². The van der Waals surface area contributed by atoms with Crippen molar-refractivity contribution in [1.82, 2.24) is 25.2 Å². The van der Waals surface area contributed by atoms with Crippen LogP contribution in [0.25, 0.3) is 10.8 Å². The van der Waals surface area contributed by atoms with E-state index in [1.54, 1.807) is 25.4 Å². The van der Waals surface area contributed by atoms with Gasteiger partial charge in [0.2, 0.25) is 5.91 Å². The van der Waals surface area contributed by atoms with E-state index in [1.165, 1.54) is 18.7 Å². The number of carbonyl (C=O) groups is 3. The molecule has 0 radical (unpaired) electrons. The van der Waals surface area contributed by atoms with Crippen molar-refractivity contribution in [1.29, 1.82) is 0 Å². The number of hydrogen-bond acceptors (Lipinski definition) is 7. The number of nitrogens with one attached hydrogen (secondary N) is 1. The number of hydrogen-bond donors (Lipinski definition) is 2. The fourth-order valence-electron chi connectivity index (χ4n) is 2.19. The molecule has 0 bridgehead atoms. The number of rotatable bonds is 7. The van der Waals surface area contributed by atoms with Crippen LogP contribution in [-0.2, 0) is 9.59 Å². The molecule has 26 heavy (non-hydrogen) atoms. The highest BCUT2D eigenvalue weighted by Crippen LogP contribution is 2.26. The van der Waals surface area contributed by atoms with E-state index >= 15 is 0 Å². The molecule has 2 amide bonds. The maximum atomic E-state index is 12.9. The van der Waals surface area contributed by atoms with Crippen LogP contribution in [-0.4, -0.2) is 61.9 Å². The first-order valence-corrected chi connectivity index (χ1v) is 8.66. The Kier molecular flexibility index (Phi) is 6.34. The third-order valence-corrected chi connectivity index (χ3v) is 4.70. The lowest BCUT2D eigenvalue weighted by atomic mass is 10.2. The molecule has 9 nitrogen and oxygen atoms in total. The Labute approximate surface area is 154 Å². The number of aryl methyl sites for hydroxylation is 1. The zero-order valence-electron chi connectivity index (χ0n) is 14.6. The van der Waals surface area contributed by atoms with Gasteiger partial charge in [-0.15, -0.1) is 11.3 Å². The summed E-state index contributed by atoms with van der Waals surface area (Å²) >= 11 is 1.11. The van der Waals surface area contributed by atoms with Gasteiger partial charge in [-0.25, -0.2) is 19.7 Å². The Morgan fingerprint density at radius 1 is 1.31 bits per heavy atom. The van der Waals surface area contributed by atoms with E-state index in [0.717, 1.165) is 11.3 Å². The summed E-state index contributed by atoms with van der Waals surface area (Å²) in [4.78, 5) is 49.4. The first-order chi connectivity index (χ1) is 12.3. The first-order valence-electron chi connectivity index (χ1n) is 7.84. The Balaban J connectivity index is 2.28. The Bertz CT molecular complexity index is 808. The van der Waals surface area contributed by atoms with Gasteiger partial charge in [-0.2, -0.15) is 0 Å². The summed E-state index contributed by atoms with van der Waals surface area (Å²) in [6.45, 7) is 4.68. The summed E-state index contributed by atoms with van der Waals surface area (Å²) in [7, 11) is 0. The largest absolute Gasteiger partial charge is 0.480 e. The van der Waals surface area contributed by atoms with Crippen molar-refractivity contribution in [3.63, 3.8) is 0 Å². The zero-order valence-corrected chi connectivity index (χ0v) is 15.4. The lowest BCUT2D eigenvalue weighted by Crippen LogP contribution is -2.46. The van der Waals surface area contributed by atoms with Gasteiger partial charge < -0.3 is 15.3 Å². The van der Waals surface area contributed by atoms with E-state index < -0.39 is 17.9 Å². The number of nitrogens with zero attached hydrogens (tertiary/aromatic N) is 4. The van der Waals surface area contributed by atoms with Crippen LogP contribution in [0.3, 0.4) is 0 Å². The Hall–Kier alpha value is -2.88. The molecule has 0 saturated heterocycles. The quantitative estimate of drug-likeness (QED) is 0.736. The summed E-state index contributed by atoms with van der Waals surface area (Å²) in [5.74, 6) is -1.44.